The van der Waals surface area contributed by atoms with E-state index in [1.165, 1.54) is 6.21 Å². The highest BCUT2D eigenvalue weighted by Gasteiger charge is 2.09. The van der Waals surface area contributed by atoms with Crippen LogP contribution in [0.4, 0.5) is 0 Å². The fourth-order valence-corrected chi connectivity index (χ4v) is 3.23. The molecule has 0 fully saturated rings. The summed E-state index contributed by atoms with van der Waals surface area (Å²) < 4.78 is 12.0. The summed E-state index contributed by atoms with van der Waals surface area (Å²) in [6.45, 7) is 3.34. The average molecular weight is 507 g/mol. The molecule has 0 aliphatic rings. The molecule has 0 unspecified atom stereocenters. The van der Waals surface area contributed by atoms with Crippen molar-refractivity contribution in [3.05, 3.63) is 72.4 Å². The molecule has 8 nitrogen and oxygen atoms in total. The summed E-state index contributed by atoms with van der Waals surface area (Å²) in [5.74, 6) is 0.0699. The molecular weight excluding hydrogens is 489 g/mol. The van der Waals surface area contributed by atoms with Gasteiger partial charge in [0.25, 0.3) is 5.56 Å². The Hall–Kier alpha value is -2.95. The maximum absolute atomic E-state index is 12.5. The van der Waals surface area contributed by atoms with Crippen LogP contribution >= 0.6 is 22.6 Å². The molecule has 1 aromatic heterocycles. The van der Waals surface area contributed by atoms with E-state index < -0.39 is 17.2 Å². The van der Waals surface area contributed by atoms with Gasteiger partial charge in [-0.1, -0.05) is 12.1 Å². The fourth-order valence-electron chi connectivity index (χ4n) is 2.53. The van der Waals surface area contributed by atoms with Crippen LogP contribution in [0.5, 0.6) is 5.75 Å². The Bertz CT molecular complexity index is 1200. The van der Waals surface area contributed by atoms with Crippen molar-refractivity contribution >= 4 is 45.7 Å². The summed E-state index contributed by atoms with van der Waals surface area (Å²) in [6, 6.07) is 11.9. The molecule has 0 atom stereocenters. The van der Waals surface area contributed by atoms with Crippen LogP contribution < -0.4 is 16.0 Å². The zero-order chi connectivity index (χ0) is 21.0. The average Bonchev–Trinajstić information content (AvgIpc) is 2.66. The maximum atomic E-state index is 12.5. The van der Waals surface area contributed by atoms with Crippen LogP contribution in [0.1, 0.15) is 19.4 Å². The SMILES string of the molecule is CC(C)OC(=O)COc1ccc(C=Nn2c(=O)[nH]c3ccccc3c2=O)cc1I. The largest absolute Gasteiger partial charge is 0.481 e. The summed E-state index contributed by atoms with van der Waals surface area (Å²) in [5, 5.41) is 4.39. The molecule has 0 saturated heterocycles. The van der Waals surface area contributed by atoms with Crippen molar-refractivity contribution in [3.63, 3.8) is 0 Å². The van der Waals surface area contributed by atoms with Crippen LogP contribution in [-0.4, -0.2) is 34.6 Å². The van der Waals surface area contributed by atoms with Crippen LogP contribution in [-0.2, 0) is 9.53 Å². The molecular formula is C20H18IN3O5. The van der Waals surface area contributed by atoms with Crippen LogP contribution in [0.25, 0.3) is 10.9 Å². The summed E-state index contributed by atoms with van der Waals surface area (Å²) >= 11 is 2.06. The first kappa shape index (κ1) is 20.8. The Morgan fingerprint density at radius 3 is 2.72 bits per heavy atom. The van der Waals surface area contributed by atoms with Crippen LogP contribution in [0.3, 0.4) is 0 Å². The number of fused-ring (bicyclic) bond motifs is 1. The smallest absolute Gasteiger partial charge is 0.349 e. The number of nitrogens with zero attached hydrogens (tertiary/aromatic N) is 2. The third-order valence-corrected chi connectivity index (χ3v) is 4.62. The zero-order valence-electron chi connectivity index (χ0n) is 15.7. The second-order valence-electron chi connectivity index (χ2n) is 6.35. The second-order valence-corrected chi connectivity index (χ2v) is 7.52. The minimum atomic E-state index is -0.622. The molecule has 0 radical (unpaired) electrons. The summed E-state index contributed by atoms with van der Waals surface area (Å²) in [5.41, 5.74) is -0.00543. The third-order valence-electron chi connectivity index (χ3n) is 3.77. The van der Waals surface area contributed by atoms with Crippen molar-refractivity contribution in [3.8, 4) is 5.75 Å². The standard InChI is InChI=1S/C20H18IN3O5/c1-12(2)29-18(25)11-28-17-8-7-13(9-15(17)21)10-22-24-19(26)14-5-3-4-6-16(14)23-20(24)27/h3-10,12H,11H2,1-2H3,(H,23,27). The van der Waals surface area contributed by atoms with E-state index in [-0.39, 0.29) is 12.7 Å². The molecule has 29 heavy (non-hydrogen) atoms. The number of hydrogen-bond acceptors (Lipinski definition) is 6. The minimum Gasteiger partial charge on any atom is -0.481 e. The molecule has 3 rings (SSSR count). The van der Waals surface area contributed by atoms with Gasteiger partial charge >= 0.3 is 11.7 Å². The first-order chi connectivity index (χ1) is 13.8. The second kappa shape index (κ2) is 9.03. The highest BCUT2D eigenvalue weighted by atomic mass is 127. The monoisotopic (exact) mass is 507 g/mol. The lowest BCUT2D eigenvalue weighted by molar-refractivity contribution is -0.149. The van der Waals surface area contributed by atoms with Crippen molar-refractivity contribution in [2.75, 3.05) is 6.61 Å². The number of ether oxygens (including phenoxy) is 2. The number of nitrogens with one attached hydrogen (secondary N) is 1. The molecule has 0 spiro atoms. The van der Waals surface area contributed by atoms with Gasteiger partial charge < -0.3 is 14.5 Å². The number of aromatic amines is 1. The highest BCUT2D eigenvalue weighted by molar-refractivity contribution is 14.1. The number of para-hydroxylation sites is 1. The molecule has 150 valence electrons. The molecule has 3 aromatic rings. The number of H-pyrrole nitrogens is 1. The molecule has 1 N–H and O–H groups in total. The van der Waals surface area contributed by atoms with E-state index in [1.807, 2.05) is 0 Å². The van der Waals surface area contributed by atoms with Gasteiger partial charge in [-0.3, -0.25) is 4.79 Å². The molecule has 0 bridgehead atoms. The van der Waals surface area contributed by atoms with Gasteiger partial charge in [0, 0.05) is 0 Å². The quantitative estimate of drug-likeness (QED) is 0.314. The number of halogens is 1. The number of rotatable bonds is 6. The number of aromatic nitrogens is 2. The number of esters is 1. The Labute approximate surface area is 179 Å². The molecule has 0 amide bonds. The van der Waals surface area contributed by atoms with E-state index in [0.29, 0.717) is 22.2 Å². The fraction of sp³-hybridized carbons (Fsp3) is 0.200. The van der Waals surface area contributed by atoms with Gasteiger partial charge in [-0.25, -0.2) is 9.59 Å². The highest BCUT2D eigenvalue weighted by Crippen LogP contribution is 2.21. The maximum Gasteiger partial charge on any atom is 0.349 e. The zero-order valence-corrected chi connectivity index (χ0v) is 17.9. The van der Waals surface area contributed by atoms with Gasteiger partial charge in [-0.15, -0.1) is 4.68 Å². The number of benzene rings is 2. The Balaban J connectivity index is 1.79. The predicted octanol–water partition coefficient (Wildman–Crippen LogP) is 2.51. The van der Waals surface area contributed by atoms with Gasteiger partial charge in [0.05, 0.1) is 26.8 Å². The first-order valence-electron chi connectivity index (χ1n) is 8.75. The van der Waals surface area contributed by atoms with E-state index >= 15 is 0 Å². The van der Waals surface area contributed by atoms with E-state index in [4.69, 9.17) is 9.47 Å². The molecule has 0 saturated carbocycles. The van der Waals surface area contributed by atoms with Crippen LogP contribution in [0.15, 0.2) is 57.2 Å². The van der Waals surface area contributed by atoms with Crippen molar-refractivity contribution < 1.29 is 14.3 Å². The van der Waals surface area contributed by atoms with Gasteiger partial charge in [-0.2, -0.15) is 5.10 Å². The van der Waals surface area contributed by atoms with E-state index in [9.17, 15) is 14.4 Å². The van der Waals surface area contributed by atoms with Gasteiger partial charge in [0.1, 0.15) is 5.75 Å². The summed E-state index contributed by atoms with van der Waals surface area (Å²) in [7, 11) is 0. The van der Waals surface area contributed by atoms with Crippen LogP contribution in [0, 0.1) is 3.57 Å². The van der Waals surface area contributed by atoms with Gasteiger partial charge in [0.15, 0.2) is 6.61 Å². The van der Waals surface area contributed by atoms with Crippen LogP contribution in [0.2, 0.25) is 0 Å². The lowest BCUT2D eigenvalue weighted by atomic mass is 10.2. The van der Waals surface area contributed by atoms with Crippen molar-refractivity contribution in [1.82, 2.24) is 9.66 Å². The molecule has 0 aliphatic carbocycles. The van der Waals surface area contributed by atoms with E-state index in [1.54, 1.807) is 56.3 Å². The van der Waals surface area contributed by atoms with Gasteiger partial charge in [-0.05, 0) is 72.3 Å². The molecule has 0 aliphatic heterocycles. The Morgan fingerprint density at radius 1 is 1.24 bits per heavy atom. The van der Waals surface area contributed by atoms with E-state index in [0.717, 1.165) is 8.25 Å². The van der Waals surface area contributed by atoms with E-state index in [2.05, 4.69) is 32.7 Å². The van der Waals surface area contributed by atoms with Crippen molar-refractivity contribution in [2.45, 2.75) is 20.0 Å². The summed E-state index contributed by atoms with van der Waals surface area (Å²) in [4.78, 5) is 38.8. The van der Waals surface area contributed by atoms with Crippen molar-refractivity contribution in [2.24, 2.45) is 5.10 Å². The molecule has 9 heteroatoms. The lowest BCUT2D eigenvalue weighted by Crippen LogP contribution is -2.32. The first-order valence-corrected chi connectivity index (χ1v) is 9.83. The number of carbonyl (C=O) groups is 1. The molecule has 2 aromatic carbocycles. The number of carbonyl (C=O) groups excluding carboxylic acids is 1. The summed E-state index contributed by atoms with van der Waals surface area (Å²) in [6.07, 6.45) is 1.20. The Morgan fingerprint density at radius 2 is 2.00 bits per heavy atom. The topological polar surface area (TPSA) is 103 Å². The van der Waals surface area contributed by atoms with Crippen molar-refractivity contribution in [1.29, 1.82) is 0 Å². The molecule has 1 heterocycles. The minimum absolute atomic E-state index is 0.191. The third kappa shape index (κ3) is 5.11. The van der Waals surface area contributed by atoms with Gasteiger partial charge in [0.2, 0.25) is 0 Å². The Kier molecular flexibility index (Phi) is 6.47. The normalized spacial score (nSPS) is 11.3. The lowest BCUT2D eigenvalue weighted by Gasteiger charge is -2.10. The number of hydrogen-bond donors (Lipinski definition) is 1. The predicted molar refractivity (Wildman–Crippen MR) is 118 cm³/mol.